The summed E-state index contributed by atoms with van der Waals surface area (Å²) in [5.41, 5.74) is 0.533. The van der Waals surface area contributed by atoms with E-state index in [1.807, 2.05) is 17.5 Å². The first kappa shape index (κ1) is 25.4. The molecule has 1 saturated heterocycles. The lowest BCUT2D eigenvalue weighted by Crippen LogP contribution is -2.50. The van der Waals surface area contributed by atoms with Gasteiger partial charge in [0.15, 0.2) is 0 Å². The van der Waals surface area contributed by atoms with Crippen molar-refractivity contribution in [3.05, 3.63) is 99.6 Å². The predicted molar refractivity (Wildman–Crippen MR) is 144 cm³/mol. The molecule has 1 N–H and O–H groups in total. The van der Waals surface area contributed by atoms with Gasteiger partial charge >= 0.3 is 0 Å². The minimum Gasteiger partial charge on any atom is -0.336 e. The molecule has 0 unspecified atom stereocenters. The van der Waals surface area contributed by atoms with Gasteiger partial charge in [-0.05, 0) is 58.6 Å². The quantitative estimate of drug-likeness (QED) is 0.259. The average molecular weight is 604 g/mol. The minimum absolute atomic E-state index is 0.00553. The zero-order chi connectivity index (χ0) is 26.3. The fourth-order valence-electron chi connectivity index (χ4n) is 4.92. The van der Waals surface area contributed by atoms with E-state index in [0.29, 0.717) is 19.6 Å². The third-order valence-corrected chi connectivity index (χ3v) is 8.49. The van der Waals surface area contributed by atoms with Crippen molar-refractivity contribution >= 4 is 62.4 Å². The molecule has 12 heteroatoms. The number of rotatable bonds is 5. The molecule has 0 spiro atoms. The Kier molecular flexibility index (Phi) is 7.02. The number of nitrogens with zero attached hydrogens (tertiary/aromatic N) is 3. The van der Waals surface area contributed by atoms with Gasteiger partial charge in [0.05, 0.1) is 4.92 Å². The van der Waals surface area contributed by atoms with Gasteiger partial charge in [0, 0.05) is 63.7 Å². The van der Waals surface area contributed by atoms with Crippen LogP contribution in [0.5, 0.6) is 0 Å². The van der Waals surface area contributed by atoms with E-state index >= 15 is 0 Å². The lowest BCUT2D eigenvalue weighted by molar-refractivity contribution is -0.384. The van der Waals surface area contributed by atoms with Crippen LogP contribution in [0, 0.1) is 16.0 Å². The Balaban J connectivity index is 1.44. The molecular weight excluding hydrogens is 584 g/mol. The third-order valence-electron chi connectivity index (χ3n) is 6.52. The van der Waals surface area contributed by atoms with Crippen LogP contribution in [0.15, 0.2) is 62.8 Å². The van der Waals surface area contributed by atoms with Gasteiger partial charge in [0.1, 0.15) is 10.7 Å². The second kappa shape index (κ2) is 10.2. The maximum Gasteiger partial charge on any atom is 0.288 e. The number of hydrogen-bond donors (Lipinski definition) is 1. The number of benzene rings is 1. The van der Waals surface area contributed by atoms with Crippen LogP contribution in [0.4, 0.5) is 5.69 Å². The number of nitro benzene ring substituents is 1. The number of halogens is 2. The number of aromatic nitrogens is 1. The summed E-state index contributed by atoms with van der Waals surface area (Å²) >= 11 is 10.7. The average Bonchev–Trinajstić information content (AvgIpc) is 3.28. The van der Waals surface area contributed by atoms with Crippen molar-refractivity contribution in [3.63, 3.8) is 0 Å². The van der Waals surface area contributed by atoms with E-state index in [-0.39, 0.29) is 39.6 Å². The minimum atomic E-state index is -0.667. The molecule has 2 atom stereocenters. The van der Waals surface area contributed by atoms with Crippen molar-refractivity contribution < 1.29 is 14.5 Å². The molecule has 2 bridgehead atoms. The Labute approximate surface area is 228 Å². The van der Waals surface area contributed by atoms with Gasteiger partial charge in [-0.3, -0.25) is 24.5 Å². The molecule has 5 rings (SSSR count). The van der Waals surface area contributed by atoms with E-state index in [1.165, 1.54) is 23.5 Å². The van der Waals surface area contributed by atoms with Crippen LogP contribution in [0.25, 0.3) is 6.08 Å². The van der Waals surface area contributed by atoms with E-state index in [1.54, 1.807) is 27.7 Å². The fourth-order valence-corrected chi connectivity index (χ4v) is 6.48. The summed E-state index contributed by atoms with van der Waals surface area (Å²) in [4.78, 5) is 52.2. The van der Waals surface area contributed by atoms with Crippen LogP contribution in [0.3, 0.4) is 0 Å². The molecule has 190 valence electrons. The Morgan fingerprint density at radius 2 is 2.00 bits per heavy atom. The highest BCUT2D eigenvalue weighted by Gasteiger charge is 2.37. The van der Waals surface area contributed by atoms with Gasteiger partial charge in [-0.2, -0.15) is 0 Å². The predicted octanol–water partition coefficient (Wildman–Crippen LogP) is 4.65. The van der Waals surface area contributed by atoms with Crippen LogP contribution < -0.4 is 10.9 Å². The summed E-state index contributed by atoms with van der Waals surface area (Å²) in [7, 11) is 0. The van der Waals surface area contributed by atoms with Crippen molar-refractivity contribution in [1.82, 2.24) is 14.8 Å². The Bertz CT molecular complexity index is 1520. The zero-order valence-corrected chi connectivity index (χ0v) is 22.4. The number of fused-ring (bicyclic) bond motifs is 4. The maximum absolute atomic E-state index is 13.8. The molecule has 2 aliphatic heterocycles. The van der Waals surface area contributed by atoms with Gasteiger partial charge in [-0.1, -0.05) is 17.7 Å². The van der Waals surface area contributed by atoms with Gasteiger partial charge in [-0.15, -0.1) is 11.3 Å². The first-order chi connectivity index (χ1) is 17.7. The van der Waals surface area contributed by atoms with Gasteiger partial charge < -0.3 is 14.8 Å². The largest absolute Gasteiger partial charge is 0.336 e. The highest BCUT2D eigenvalue weighted by atomic mass is 79.9. The van der Waals surface area contributed by atoms with Gasteiger partial charge in [0.2, 0.25) is 0 Å². The molecular formula is C25H20BrClN4O5S. The van der Waals surface area contributed by atoms with Gasteiger partial charge in [-0.25, -0.2) is 0 Å². The van der Waals surface area contributed by atoms with Crippen molar-refractivity contribution in [3.8, 4) is 0 Å². The van der Waals surface area contributed by atoms with Crippen LogP contribution >= 0.6 is 38.9 Å². The number of nitrogens with one attached hydrogen (secondary N) is 1. The summed E-state index contributed by atoms with van der Waals surface area (Å²) in [6, 6.07) is 10.8. The Morgan fingerprint density at radius 1 is 1.19 bits per heavy atom. The Hall–Kier alpha value is -3.28. The summed E-state index contributed by atoms with van der Waals surface area (Å²) in [6.07, 6.45) is 2.48. The lowest BCUT2D eigenvalue weighted by atomic mass is 9.83. The summed E-state index contributed by atoms with van der Waals surface area (Å²) < 4.78 is 2.63. The lowest BCUT2D eigenvalue weighted by Gasteiger charge is -2.43. The molecule has 2 amide bonds. The summed E-state index contributed by atoms with van der Waals surface area (Å²) in [5, 5.41) is 15.7. The number of hydrogen-bond acceptors (Lipinski definition) is 6. The zero-order valence-electron chi connectivity index (χ0n) is 19.2. The van der Waals surface area contributed by atoms with E-state index in [9.17, 15) is 24.5 Å². The SMILES string of the molecule is O=C(N/C(=C\c1cc(Br)cs1)C(=O)N1C[C@H]2C[C@@H](C1)c1cccc(=O)n1C2)c1ccc(Cl)c([N+](=O)[O-])c1. The molecule has 1 fully saturated rings. The molecule has 1 aromatic carbocycles. The molecule has 0 saturated carbocycles. The number of nitro groups is 1. The van der Waals surface area contributed by atoms with Crippen molar-refractivity contribution in [2.24, 2.45) is 5.92 Å². The monoisotopic (exact) mass is 602 g/mol. The van der Waals surface area contributed by atoms with E-state index in [2.05, 4.69) is 21.2 Å². The number of piperidine rings is 1. The first-order valence-electron chi connectivity index (χ1n) is 11.4. The van der Waals surface area contributed by atoms with E-state index in [0.717, 1.165) is 27.5 Å². The number of carbonyl (C=O) groups is 2. The topological polar surface area (TPSA) is 115 Å². The van der Waals surface area contributed by atoms with E-state index < -0.39 is 16.5 Å². The maximum atomic E-state index is 13.8. The van der Waals surface area contributed by atoms with Crippen LogP contribution in [-0.4, -0.2) is 39.3 Å². The molecule has 0 radical (unpaired) electrons. The van der Waals surface area contributed by atoms with E-state index in [4.69, 9.17) is 11.6 Å². The normalized spacial score (nSPS) is 18.8. The number of amides is 2. The fraction of sp³-hybridized carbons (Fsp3) is 0.240. The van der Waals surface area contributed by atoms with Crippen molar-refractivity contribution in [2.75, 3.05) is 13.1 Å². The Morgan fingerprint density at radius 3 is 2.73 bits per heavy atom. The second-order valence-corrected chi connectivity index (χ2v) is 11.3. The molecule has 2 aliphatic rings. The second-order valence-electron chi connectivity index (χ2n) is 9.01. The van der Waals surface area contributed by atoms with Crippen molar-refractivity contribution in [2.45, 2.75) is 18.9 Å². The molecule has 0 aliphatic carbocycles. The number of carbonyl (C=O) groups excluding carboxylic acids is 2. The highest BCUT2D eigenvalue weighted by Crippen LogP contribution is 2.35. The third kappa shape index (κ3) is 5.25. The number of thiophene rings is 1. The molecule has 37 heavy (non-hydrogen) atoms. The standard InChI is InChI=1S/C25H20BrClN4O5S/c26-17-8-18(37-13-17)9-20(28-24(33)15-4-5-19(27)22(7-15)31(35)36)25(34)29-10-14-6-16(12-29)21-2-1-3-23(32)30(21)11-14/h1-5,7-9,13-14,16H,6,10-12H2,(H,28,33)/b20-9-/t14-,16+/m1/s1. The molecule has 4 heterocycles. The molecule has 3 aromatic rings. The van der Waals surface area contributed by atoms with Crippen LogP contribution in [-0.2, 0) is 11.3 Å². The van der Waals surface area contributed by atoms with Gasteiger partial charge in [0.25, 0.3) is 23.1 Å². The summed E-state index contributed by atoms with van der Waals surface area (Å²) in [6.45, 7) is 1.39. The molecule has 2 aromatic heterocycles. The van der Waals surface area contributed by atoms with Crippen molar-refractivity contribution in [1.29, 1.82) is 0 Å². The number of likely N-dealkylation sites (tertiary alicyclic amines) is 1. The summed E-state index contributed by atoms with van der Waals surface area (Å²) in [5.74, 6) is -0.897. The first-order valence-corrected chi connectivity index (χ1v) is 13.4. The van der Waals surface area contributed by atoms with Crippen LogP contribution in [0.1, 0.15) is 33.3 Å². The smallest absolute Gasteiger partial charge is 0.288 e. The number of pyridine rings is 1. The molecule has 9 nitrogen and oxygen atoms in total. The van der Waals surface area contributed by atoms with Crippen LogP contribution in [0.2, 0.25) is 5.02 Å². The highest BCUT2D eigenvalue weighted by molar-refractivity contribution is 9.10.